The molecule has 2 aromatic heterocycles. The lowest BCUT2D eigenvalue weighted by molar-refractivity contribution is -0.141. The van der Waals surface area contributed by atoms with Crippen molar-refractivity contribution in [3.8, 4) is 23.3 Å². The van der Waals surface area contributed by atoms with Crippen LogP contribution in [0.15, 0.2) is 71.4 Å². The molecule has 29 heavy (non-hydrogen) atoms. The molecule has 0 fully saturated rings. The van der Waals surface area contributed by atoms with Crippen molar-refractivity contribution in [3.05, 3.63) is 72.0 Å². The lowest BCUT2D eigenvalue weighted by Crippen LogP contribution is -2.28. The van der Waals surface area contributed by atoms with E-state index in [1.54, 1.807) is 67.7 Å². The first-order chi connectivity index (χ1) is 14.1. The summed E-state index contributed by atoms with van der Waals surface area (Å²) in [6, 6.07) is 15.2. The molecule has 7 nitrogen and oxygen atoms in total. The molecule has 0 saturated carbocycles. The van der Waals surface area contributed by atoms with Crippen LogP contribution in [0.5, 0.6) is 23.3 Å². The largest absolute Gasteiger partial charge is 0.479 e. The highest BCUT2D eigenvalue weighted by atomic mass is 35.5. The third kappa shape index (κ3) is 4.64. The highest BCUT2D eigenvalue weighted by Gasteiger charge is 2.17. The van der Waals surface area contributed by atoms with Gasteiger partial charge in [-0.3, -0.25) is 4.98 Å². The third-order valence-corrected chi connectivity index (χ3v) is 4.09. The number of pyridine rings is 1. The molecule has 8 heteroatoms. The van der Waals surface area contributed by atoms with Crippen LogP contribution in [0.2, 0.25) is 5.02 Å². The van der Waals surface area contributed by atoms with Crippen molar-refractivity contribution in [1.29, 1.82) is 0 Å². The van der Waals surface area contributed by atoms with Crippen LogP contribution in [-0.2, 0) is 4.79 Å². The molecule has 0 spiro atoms. The molecule has 0 unspecified atom stereocenters. The maximum atomic E-state index is 12.1. The summed E-state index contributed by atoms with van der Waals surface area (Å²) in [5, 5.41) is 0.554. The molecule has 2 heterocycles. The minimum atomic E-state index is -0.802. The van der Waals surface area contributed by atoms with Gasteiger partial charge in [0.1, 0.15) is 22.8 Å². The topological polar surface area (TPSA) is 83.7 Å². The molecule has 0 aliphatic carbocycles. The van der Waals surface area contributed by atoms with Gasteiger partial charge in [-0.25, -0.2) is 4.79 Å². The Hall–Kier alpha value is -3.58. The molecule has 0 aliphatic rings. The van der Waals surface area contributed by atoms with E-state index in [4.69, 9.17) is 30.2 Å². The van der Waals surface area contributed by atoms with Crippen LogP contribution in [0.3, 0.4) is 0 Å². The highest BCUT2D eigenvalue weighted by molar-refractivity contribution is 6.31. The number of benzene rings is 2. The molecule has 0 radical (unpaired) electrons. The van der Waals surface area contributed by atoms with Gasteiger partial charge < -0.3 is 18.6 Å². The Bertz CT molecular complexity index is 1130. The Morgan fingerprint density at radius 2 is 1.86 bits per heavy atom. The maximum absolute atomic E-state index is 12.1. The standard InChI is InChI=1S/C21H15ClN2O5/c1-13(20(25)27-17-3-2-10-23-12-17)26-15-5-7-16(8-6-15)28-21-24-18-9-4-14(22)11-19(18)29-21/h2-13H,1H3/t13-/m1/s1. The van der Waals surface area contributed by atoms with Crippen LogP contribution in [0, 0.1) is 0 Å². The molecule has 2 aromatic carbocycles. The Balaban J connectivity index is 1.37. The fraction of sp³-hybridized carbons (Fsp3) is 0.0952. The SMILES string of the molecule is C[C@@H](Oc1ccc(Oc2nc3ccc(Cl)cc3o2)cc1)C(=O)Oc1cccnc1. The number of hydrogen-bond acceptors (Lipinski definition) is 7. The van der Waals surface area contributed by atoms with E-state index in [0.717, 1.165) is 0 Å². The zero-order valence-corrected chi connectivity index (χ0v) is 16.0. The molecule has 0 bridgehead atoms. The van der Waals surface area contributed by atoms with Crippen molar-refractivity contribution in [2.24, 2.45) is 0 Å². The van der Waals surface area contributed by atoms with Gasteiger partial charge in [0.25, 0.3) is 0 Å². The van der Waals surface area contributed by atoms with E-state index in [2.05, 4.69) is 9.97 Å². The van der Waals surface area contributed by atoms with E-state index < -0.39 is 12.1 Å². The third-order valence-electron chi connectivity index (χ3n) is 3.86. The number of oxazole rings is 1. The van der Waals surface area contributed by atoms with Crippen molar-refractivity contribution in [1.82, 2.24) is 9.97 Å². The van der Waals surface area contributed by atoms with E-state index in [0.29, 0.717) is 33.4 Å². The summed E-state index contributed by atoms with van der Waals surface area (Å²) in [5.74, 6) is 0.817. The predicted molar refractivity (Wildman–Crippen MR) is 105 cm³/mol. The fourth-order valence-electron chi connectivity index (χ4n) is 2.47. The molecule has 146 valence electrons. The van der Waals surface area contributed by atoms with Gasteiger partial charge in [-0.2, -0.15) is 4.98 Å². The van der Waals surface area contributed by atoms with E-state index in [1.165, 1.54) is 6.20 Å². The number of fused-ring (bicyclic) bond motifs is 1. The summed E-state index contributed by atoms with van der Waals surface area (Å²) in [6.45, 7) is 1.60. The zero-order chi connectivity index (χ0) is 20.2. The molecule has 4 rings (SSSR count). The lowest BCUT2D eigenvalue weighted by atomic mass is 10.3. The number of ether oxygens (including phenoxy) is 3. The smallest absolute Gasteiger partial charge is 0.400 e. The molecule has 0 amide bonds. The van der Waals surface area contributed by atoms with Crippen LogP contribution in [-0.4, -0.2) is 22.0 Å². The molecule has 0 aliphatic heterocycles. The fourth-order valence-corrected chi connectivity index (χ4v) is 2.63. The number of nitrogens with zero attached hydrogens (tertiary/aromatic N) is 2. The van der Waals surface area contributed by atoms with Crippen LogP contribution in [0.25, 0.3) is 11.1 Å². The first-order valence-corrected chi connectivity index (χ1v) is 9.07. The molecule has 1 atom stereocenters. The highest BCUT2D eigenvalue weighted by Crippen LogP contribution is 2.28. The zero-order valence-electron chi connectivity index (χ0n) is 15.2. The van der Waals surface area contributed by atoms with Gasteiger partial charge in [-0.05, 0) is 55.5 Å². The number of hydrogen-bond donors (Lipinski definition) is 0. The van der Waals surface area contributed by atoms with E-state index in [-0.39, 0.29) is 6.08 Å². The first-order valence-electron chi connectivity index (χ1n) is 8.69. The van der Waals surface area contributed by atoms with Gasteiger partial charge in [-0.1, -0.05) is 11.6 Å². The van der Waals surface area contributed by atoms with E-state index in [1.807, 2.05) is 0 Å². The van der Waals surface area contributed by atoms with E-state index >= 15 is 0 Å². The minimum absolute atomic E-state index is 0.101. The molecule has 0 saturated heterocycles. The monoisotopic (exact) mass is 410 g/mol. The summed E-state index contributed by atoms with van der Waals surface area (Å²) in [6.07, 6.45) is 2.35. The lowest BCUT2D eigenvalue weighted by Gasteiger charge is -2.13. The maximum Gasteiger partial charge on any atom is 0.400 e. The molecular weight excluding hydrogens is 396 g/mol. The molecular formula is C21H15ClN2O5. The van der Waals surface area contributed by atoms with Crippen LogP contribution < -0.4 is 14.2 Å². The second kappa shape index (κ2) is 8.20. The number of esters is 1. The summed E-state index contributed by atoms with van der Waals surface area (Å²) in [7, 11) is 0. The molecule has 0 N–H and O–H groups in total. The number of rotatable bonds is 6. The van der Waals surface area contributed by atoms with Gasteiger partial charge in [-0.15, -0.1) is 0 Å². The Morgan fingerprint density at radius 1 is 1.07 bits per heavy atom. The second-order valence-electron chi connectivity index (χ2n) is 6.04. The van der Waals surface area contributed by atoms with Crippen LogP contribution in [0.1, 0.15) is 6.92 Å². The van der Waals surface area contributed by atoms with Gasteiger partial charge in [0.2, 0.25) is 0 Å². The number of aromatic nitrogens is 2. The average Bonchev–Trinajstić information content (AvgIpc) is 3.11. The first kappa shape index (κ1) is 18.8. The van der Waals surface area contributed by atoms with Crippen molar-refractivity contribution >= 4 is 28.7 Å². The average molecular weight is 411 g/mol. The number of carbonyl (C=O) groups is 1. The predicted octanol–water partition coefficient (Wildman–Crippen LogP) is 5.04. The summed E-state index contributed by atoms with van der Waals surface area (Å²) in [4.78, 5) is 20.2. The second-order valence-corrected chi connectivity index (χ2v) is 6.47. The quantitative estimate of drug-likeness (QED) is 0.411. The van der Waals surface area contributed by atoms with Gasteiger partial charge in [0, 0.05) is 17.3 Å². The van der Waals surface area contributed by atoms with Gasteiger partial charge in [0.05, 0.1) is 6.20 Å². The van der Waals surface area contributed by atoms with Crippen molar-refractivity contribution in [3.63, 3.8) is 0 Å². The van der Waals surface area contributed by atoms with Crippen molar-refractivity contribution in [2.45, 2.75) is 13.0 Å². The number of carbonyl (C=O) groups excluding carboxylic acids is 1. The minimum Gasteiger partial charge on any atom is -0.479 e. The summed E-state index contributed by atoms with van der Waals surface area (Å²) >= 11 is 5.94. The summed E-state index contributed by atoms with van der Waals surface area (Å²) < 4.78 is 22.0. The van der Waals surface area contributed by atoms with Crippen molar-refractivity contribution < 1.29 is 23.4 Å². The number of halogens is 1. The summed E-state index contributed by atoms with van der Waals surface area (Å²) in [5.41, 5.74) is 1.18. The normalized spacial score (nSPS) is 11.8. The van der Waals surface area contributed by atoms with E-state index in [9.17, 15) is 4.79 Å². The van der Waals surface area contributed by atoms with Crippen molar-refractivity contribution in [2.75, 3.05) is 0 Å². The van der Waals surface area contributed by atoms with Gasteiger partial charge in [0.15, 0.2) is 11.7 Å². The van der Waals surface area contributed by atoms with Crippen LogP contribution in [0.4, 0.5) is 0 Å². The Morgan fingerprint density at radius 3 is 2.62 bits per heavy atom. The Labute approximate surface area is 170 Å². The van der Waals surface area contributed by atoms with Gasteiger partial charge >= 0.3 is 12.0 Å². The Kier molecular flexibility index (Phi) is 5.31. The molecule has 4 aromatic rings. The van der Waals surface area contributed by atoms with Crippen LogP contribution >= 0.6 is 11.6 Å².